The van der Waals surface area contributed by atoms with Crippen molar-refractivity contribution >= 4 is 5.91 Å². The molecule has 0 saturated carbocycles. The van der Waals surface area contributed by atoms with Crippen LogP contribution in [0.15, 0.2) is 6.07 Å². The van der Waals surface area contributed by atoms with Gasteiger partial charge in [-0.2, -0.15) is 10.4 Å². The summed E-state index contributed by atoms with van der Waals surface area (Å²) in [6.45, 7) is 2.00. The Morgan fingerprint density at radius 1 is 1.79 bits per heavy atom. The summed E-state index contributed by atoms with van der Waals surface area (Å²) >= 11 is 0. The molecule has 0 fully saturated rings. The molecule has 74 valence electrons. The van der Waals surface area contributed by atoms with E-state index in [2.05, 4.69) is 10.4 Å². The Morgan fingerprint density at radius 3 is 3.00 bits per heavy atom. The van der Waals surface area contributed by atoms with Gasteiger partial charge in [-0.1, -0.05) is 6.92 Å². The number of hydrogen-bond donors (Lipinski definition) is 1. The minimum absolute atomic E-state index is 0.0108. The first-order valence-corrected chi connectivity index (χ1v) is 4.37. The highest BCUT2D eigenvalue weighted by atomic mass is 16.1. The van der Waals surface area contributed by atoms with Gasteiger partial charge in [0.05, 0.1) is 6.07 Å². The Bertz CT molecular complexity index is 375. The van der Waals surface area contributed by atoms with Crippen molar-refractivity contribution in [3.8, 4) is 6.07 Å². The van der Waals surface area contributed by atoms with Gasteiger partial charge in [-0.05, 0) is 12.5 Å². The van der Waals surface area contributed by atoms with Crippen LogP contribution in [0.2, 0.25) is 0 Å². The van der Waals surface area contributed by atoms with E-state index >= 15 is 0 Å². The average Bonchev–Trinajstić information content (AvgIpc) is 2.56. The van der Waals surface area contributed by atoms with E-state index in [9.17, 15) is 4.79 Å². The lowest BCUT2D eigenvalue weighted by molar-refractivity contribution is 0.0953. The highest BCUT2D eigenvalue weighted by Crippen LogP contribution is 2.03. The highest BCUT2D eigenvalue weighted by molar-refractivity contribution is 5.92. The average molecular weight is 192 g/mol. The lowest BCUT2D eigenvalue weighted by atomic mass is 10.3. The SMILES string of the molecule is CCc1cc(C(=O)NCC#N)nn1C. The van der Waals surface area contributed by atoms with Crippen molar-refractivity contribution in [2.24, 2.45) is 7.05 Å². The van der Waals surface area contributed by atoms with Gasteiger partial charge >= 0.3 is 0 Å². The molecule has 1 amide bonds. The third-order valence-electron chi connectivity index (χ3n) is 1.90. The maximum absolute atomic E-state index is 11.3. The molecule has 0 saturated heterocycles. The van der Waals surface area contributed by atoms with Crippen LogP contribution in [0.3, 0.4) is 0 Å². The molecule has 5 heteroatoms. The van der Waals surface area contributed by atoms with E-state index in [0.29, 0.717) is 5.69 Å². The molecule has 0 bridgehead atoms. The van der Waals surface area contributed by atoms with E-state index < -0.39 is 0 Å². The molecule has 0 unspecified atom stereocenters. The maximum atomic E-state index is 11.3. The Morgan fingerprint density at radius 2 is 2.50 bits per heavy atom. The number of aryl methyl sites for hydroxylation is 2. The summed E-state index contributed by atoms with van der Waals surface area (Å²) in [7, 11) is 1.79. The fourth-order valence-electron chi connectivity index (χ4n) is 1.16. The molecule has 1 rings (SSSR count). The van der Waals surface area contributed by atoms with Crippen LogP contribution in [0, 0.1) is 11.3 Å². The Hall–Kier alpha value is -1.83. The molecule has 5 nitrogen and oxygen atoms in total. The van der Waals surface area contributed by atoms with Crippen molar-refractivity contribution < 1.29 is 4.79 Å². The van der Waals surface area contributed by atoms with Gasteiger partial charge in [-0.15, -0.1) is 0 Å². The summed E-state index contributed by atoms with van der Waals surface area (Å²) in [5.74, 6) is -0.304. The number of rotatable bonds is 3. The summed E-state index contributed by atoms with van der Waals surface area (Å²) in [5.41, 5.74) is 1.35. The minimum atomic E-state index is -0.304. The molecule has 0 atom stereocenters. The van der Waals surface area contributed by atoms with Crippen molar-refractivity contribution in [1.29, 1.82) is 5.26 Å². The Labute approximate surface area is 82.3 Å². The molecule has 0 aromatic carbocycles. The zero-order valence-corrected chi connectivity index (χ0v) is 8.24. The summed E-state index contributed by atoms with van der Waals surface area (Å²) in [6, 6.07) is 3.57. The minimum Gasteiger partial charge on any atom is -0.338 e. The summed E-state index contributed by atoms with van der Waals surface area (Å²) in [5, 5.41) is 14.7. The molecule has 0 aliphatic carbocycles. The lowest BCUT2D eigenvalue weighted by Gasteiger charge is -1.94. The molecule has 14 heavy (non-hydrogen) atoms. The topological polar surface area (TPSA) is 70.7 Å². The van der Waals surface area contributed by atoms with Crippen molar-refractivity contribution in [2.45, 2.75) is 13.3 Å². The Kier molecular flexibility index (Phi) is 3.24. The van der Waals surface area contributed by atoms with Crippen molar-refractivity contribution in [3.05, 3.63) is 17.5 Å². The number of aromatic nitrogens is 2. The van der Waals surface area contributed by atoms with Crippen LogP contribution in [0.25, 0.3) is 0 Å². The van der Waals surface area contributed by atoms with Crippen LogP contribution in [-0.4, -0.2) is 22.2 Å². The smallest absolute Gasteiger partial charge is 0.272 e. The monoisotopic (exact) mass is 192 g/mol. The summed E-state index contributed by atoms with van der Waals surface area (Å²) in [6.07, 6.45) is 0.828. The lowest BCUT2D eigenvalue weighted by Crippen LogP contribution is -2.24. The summed E-state index contributed by atoms with van der Waals surface area (Å²) < 4.78 is 1.67. The van der Waals surface area contributed by atoms with E-state index in [4.69, 9.17) is 5.26 Å². The number of nitrogens with zero attached hydrogens (tertiary/aromatic N) is 3. The van der Waals surface area contributed by atoms with Gasteiger partial charge in [-0.3, -0.25) is 9.48 Å². The van der Waals surface area contributed by atoms with Gasteiger partial charge in [0, 0.05) is 12.7 Å². The molecule has 1 aromatic rings. The van der Waals surface area contributed by atoms with Crippen molar-refractivity contribution in [2.75, 3.05) is 6.54 Å². The van der Waals surface area contributed by atoms with E-state index in [0.717, 1.165) is 12.1 Å². The van der Waals surface area contributed by atoms with Crippen LogP contribution in [0.1, 0.15) is 23.1 Å². The molecule has 0 radical (unpaired) electrons. The second-order valence-corrected chi connectivity index (χ2v) is 2.84. The number of nitrogens with one attached hydrogen (secondary N) is 1. The standard InChI is InChI=1S/C9H12N4O/c1-3-7-6-8(12-13(7)2)9(14)11-5-4-10/h6H,3,5H2,1-2H3,(H,11,14). The van der Waals surface area contributed by atoms with Crippen molar-refractivity contribution in [1.82, 2.24) is 15.1 Å². The number of carbonyl (C=O) groups is 1. The number of carbonyl (C=O) groups excluding carboxylic acids is 1. The van der Waals surface area contributed by atoms with E-state index in [1.165, 1.54) is 0 Å². The van der Waals surface area contributed by atoms with Crippen LogP contribution in [-0.2, 0) is 13.5 Å². The number of nitriles is 1. The molecular formula is C9H12N4O. The Balaban J connectivity index is 2.76. The largest absolute Gasteiger partial charge is 0.338 e. The van der Waals surface area contributed by atoms with Gasteiger partial charge in [0.15, 0.2) is 0 Å². The predicted molar refractivity (Wildman–Crippen MR) is 50.5 cm³/mol. The molecule has 1 N–H and O–H groups in total. The first kappa shape index (κ1) is 10.3. The molecule has 1 aromatic heterocycles. The van der Waals surface area contributed by atoms with E-state index in [-0.39, 0.29) is 12.5 Å². The molecule has 0 aliphatic heterocycles. The van der Waals surface area contributed by atoms with Crippen LogP contribution >= 0.6 is 0 Å². The fraction of sp³-hybridized carbons (Fsp3) is 0.444. The third kappa shape index (κ3) is 2.10. The molecule has 0 spiro atoms. The second kappa shape index (κ2) is 4.42. The third-order valence-corrected chi connectivity index (χ3v) is 1.90. The van der Waals surface area contributed by atoms with Crippen LogP contribution in [0.4, 0.5) is 0 Å². The normalized spacial score (nSPS) is 9.50. The van der Waals surface area contributed by atoms with E-state index in [1.807, 2.05) is 13.0 Å². The van der Waals surface area contributed by atoms with Crippen molar-refractivity contribution in [3.63, 3.8) is 0 Å². The van der Waals surface area contributed by atoms with Gasteiger partial charge in [-0.25, -0.2) is 0 Å². The molecule has 0 aliphatic rings. The predicted octanol–water partition coefficient (Wildman–Crippen LogP) is 0.236. The van der Waals surface area contributed by atoms with E-state index in [1.54, 1.807) is 17.8 Å². The van der Waals surface area contributed by atoms with Gasteiger partial charge in [0.25, 0.3) is 5.91 Å². The fourth-order valence-corrected chi connectivity index (χ4v) is 1.16. The summed E-state index contributed by atoms with van der Waals surface area (Å²) in [4.78, 5) is 11.3. The highest BCUT2D eigenvalue weighted by Gasteiger charge is 2.10. The van der Waals surface area contributed by atoms with Gasteiger partial charge in [0.2, 0.25) is 0 Å². The maximum Gasteiger partial charge on any atom is 0.272 e. The van der Waals surface area contributed by atoms with Gasteiger partial charge in [0.1, 0.15) is 12.2 Å². The number of amides is 1. The first-order chi connectivity index (χ1) is 6.69. The van der Waals surface area contributed by atoms with Crippen LogP contribution in [0.5, 0.6) is 0 Å². The second-order valence-electron chi connectivity index (χ2n) is 2.84. The molecule has 1 heterocycles. The van der Waals surface area contributed by atoms with Crippen LogP contribution < -0.4 is 5.32 Å². The zero-order chi connectivity index (χ0) is 10.6. The molecular weight excluding hydrogens is 180 g/mol. The van der Waals surface area contributed by atoms with Gasteiger partial charge < -0.3 is 5.32 Å². The zero-order valence-electron chi connectivity index (χ0n) is 8.24. The first-order valence-electron chi connectivity index (χ1n) is 4.37. The number of hydrogen-bond acceptors (Lipinski definition) is 3. The quantitative estimate of drug-likeness (QED) is 0.697.